The van der Waals surface area contributed by atoms with Gasteiger partial charge in [-0.25, -0.2) is 8.42 Å². The highest BCUT2D eigenvalue weighted by molar-refractivity contribution is 7.89. The Morgan fingerprint density at radius 1 is 1.04 bits per heavy atom. The molecule has 0 saturated carbocycles. The molecule has 130 valence electrons. The van der Waals surface area contributed by atoms with Crippen LogP contribution in [0.25, 0.3) is 0 Å². The second kappa shape index (κ2) is 7.68. The van der Waals surface area contributed by atoms with E-state index in [0.29, 0.717) is 30.1 Å². The number of nitrogens with zero attached hydrogens (tertiary/aromatic N) is 2. The third-order valence-electron chi connectivity index (χ3n) is 4.37. The van der Waals surface area contributed by atoms with Gasteiger partial charge < -0.3 is 5.32 Å². The van der Waals surface area contributed by atoms with Crippen LogP contribution in [0.1, 0.15) is 30.4 Å². The van der Waals surface area contributed by atoms with Gasteiger partial charge >= 0.3 is 0 Å². The molecule has 6 heteroatoms. The third-order valence-corrected chi connectivity index (χ3v) is 6.26. The molecule has 2 aromatic rings. The lowest BCUT2D eigenvalue weighted by Crippen LogP contribution is -2.35. The summed E-state index contributed by atoms with van der Waals surface area (Å²) in [4.78, 5) is 0.333. The topological polar surface area (TPSA) is 73.2 Å². The second-order valence-corrected chi connectivity index (χ2v) is 8.09. The van der Waals surface area contributed by atoms with E-state index < -0.39 is 10.0 Å². The van der Waals surface area contributed by atoms with Gasteiger partial charge in [-0.1, -0.05) is 24.6 Å². The molecule has 0 unspecified atom stereocenters. The number of sulfonamides is 1. The minimum absolute atomic E-state index is 0.333. The van der Waals surface area contributed by atoms with Gasteiger partial charge in [0.15, 0.2) is 0 Å². The minimum Gasteiger partial charge on any atom is -0.381 e. The summed E-state index contributed by atoms with van der Waals surface area (Å²) in [5.74, 6) is 0. The zero-order chi connectivity index (χ0) is 17.7. The summed E-state index contributed by atoms with van der Waals surface area (Å²) < 4.78 is 27.1. The van der Waals surface area contributed by atoms with Crippen LogP contribution in [-0.4, -0.2) is 25.8 Å². The monoisotopic (exact) mass is 355 g/mol. The molecule has 3 rings (SSSR count). The van der Waals surface area contributed by atoms with Gasteiger partial charge in [0.1, 0.15) is 0 Å². The van der Waals surface area contributed by atoms with Gasteiger partial charge in [-0.05, 0) is 48.7 Å². The first kappa shape index (κ1) is 17.5. The van der Waals surface area contributed by atoms with Crippen LogP contribution in [0.2, 0.25) is 0 Å². The maximum atomic E-state index is 12.8. The minimum atomic E-state index is -3.42. The van der Waals surface area contributed by atoms with Crippen molar-refractivity contribution in [3.05, 3.63) is 59.7 Å². The van der Waals surface area contributed by atoms with Crippen molar-refractivity contribution in [3.8, 4) is 6.07 Å². The molecule has 1 saturated heterocycles. The molecule has 0 radical (unpaired) electrons. The first-order chi connectivity index (χ1) is 12.1. The molecule has 25 heavy (non-hydrogen) atoms. The highest BCUT2D eigenvalue weighted by Crippen LogP contribution is 2.23. The lowest BCUT2D eigenvalue weighted by molar-refractivity contribution is 0.346. The zero-order valence-electron chi connectivity index (χ0n) is 14.0. The fourth-order valence-electron chi connectivity index (χ4n) is 2.92. The molecule has 0 atom stereocenters. The average molecular weight is 355 g/mol. The van der Waals surface area contributed by atoms with Crippen molar-refractivity contribution in [2.45, 2.75) is 30.7 Å². The van der Waals surface area contributed by atoms with E-state index in [1.165, 1.54) is 0 Å². The van der Waals surface area contributed by atoms with Crippen LogP contribution in [-0.2, 0) is 16.6 Å². The summed E-state index contributed by atoms with van der Waals surface area (Å²) in [6.45, 7) is 1.77. The van der Waals surface area contributed by atoms with E-state index in [4.69, 9.17) is 5.26 Å². The predicted octanol–water partition coefficient (Wildman–Crippen LogP) is 3.34. The Balaban J connectivity index is 1.71. The lowest BCUT2D eigenvalue weighted by Gasteiger charge is -2.26. The van der Waals surface area contributed by atoms with Gasteiger partial charge in [0.05, 0.1) is 16.5 Å². The van der Waals surface area contributed by atoms with Crippen LogP contribution < -0.4 is 5.32 Å². The van der Waals surface area contributed by atoms with Crippen molar-refractivity contribution in [1.29, 1.82) is 5.26 Å². The maximum absolute atomic E-state index is 12.8. The summed E-state index contributed by atoms with van der Waals surface area (Å²) >= 11 is 0. The Hall–Kier alpha value is -2.36. The zero-order valence-corrected chi connectivity index (χ0v) is 14.8. The number of piperidine rings is 1. The number of hydrogen-bond acceptors (Lipinski definition) is 4. The second-order valence-electron chi connectivity index (χ2n) is 6.15. The molecule has 1 aliphatic rings. The fourth-order valence-corrected chi connectivity index (χ4v) is 4.49. The number of nitriles is 1. The molecule has 0 aliphatic carbocycles. The number of nitrogens with one attached hydrogen (secondary N) is 1. The Kier molecular flexibility index (Phi) is 5.37. The summed E-state index contributed by atoms with van der Waals surface area (Å²) in [5.41, 5.74) is 2.42. The molecule has 1 fully saturated rings. The summed E-state index contributed by atoms with van der Waals surface area (Å²) in [5, 5.41) is 12.1. The molecule has 0 spiro atoms. The van der Waals surface area contributed by atoms with E-state index in [-0.39, 0.29) is 0 Å². The van der Waals surface area contributed by atoms with E-state index in [1.54, 1.807) is 34.6 Å². The van der Waals surface area contributed by atoms with Gasteiger partial charge in [0.25, 0.3) is 0 Å². The molecular formula is C19H21N3O2S. The molecular weight excluding hydrogens is 334 g/mol. The smallest absolute Gasteiger partial charge is 0.243 e. The summed E-state index contributed by atoms with van der Waals surface area (Å²) in [6.07, 6.45) is 2.95. The molecule has 1 heterocycles. The van der Waals surface area contributed by atoms with Crippen LogP contribution in [0.3, 0.4) is 0 Å². The highest BCUT2D eigenvalue weighted by Gasteiger charge is 2.25. The van der Waals surface area contributed by atoms with Crippen LogP contribution in [0.4, 0.5) is 5.69 Å². The molecule has 0 bridgehead atoms. The maximum Gasteiger partial charge on any atom is 0.243 e. The summed E-state index contributed by atoms with van der Waals surface area (Å²) in [6, 6.07) is 16.4. The molecule has 0 amide bonds. The SMILES string of the molecule is N#Cc1ccc(CNc2cccc(S(=O)(=O)N3CCCCC3)c2)cc1. The van der Waals surface area contributed by atoms with Crippen molar-refractivity contribution in [2.75, 3.05) is 18.4 Å². The van der Waals surface area contributed by atoms with Gasteiger partial charge in [-0.15, -0.1) is 0 Å². The Labute approximate surface area is 149 Å². The quantitative estimate of drug-likeness (QED) is 0.893. The third kappa shape index (κ3) is 4.19. The van der Waals surface area contributed by atoms with Crippen molar-refractivity contribution in [2.24, 2.45) is 0 Å². The van der Waals surface area contributed by atoms with Gasteiger partial charge in [0.2, 0.25) is 10.0 Å². The van der Waals surface area contributed by atoms with Crippen LogP contribution in [0.15, 0.2) is 53.4 Å². The number of benzene rings is 2. The highest BCUT2D eigenvalue weighted by atomic mass is 32.2. The van der Waals surface area contributed by atoms with Crippen LogP contribution in [0, 0.1) is 11.3 Å². The molecule has 0 aromatic heterocycles. The van der Waals surface area contributed by atoms with Crippen molar-refractivity contribution >= 4 is 15.7 Å². The van der Waals surface area contributed by atoms with Crippen molar-refractivity contribution in [1.82, 2.24) is 4.31 Å². The van der Waals surface area contributed by atoms with Gasteiger partial charge in [0, 0.05) is 25.3 Å². The molecule has 1 N–H and O–H groups in total. The van der Waals surface area contributed by atoms with E-state index in [1.807, 2.05) is 18.2 Å². The molecule has 5 nitrogen and oxygen atoms in total. The van der Waals surface area contributed by atoms with Crippen molar-refractivity contribution in [3.63, 3.8) is 0 Å². The Morgan fingerprint density at radius 2 is 1.76 bits per heavy atom. The number of anilines is 1. The molecule has 2 aromatic carbocycles. The largest absolute Gasteiger partial charge is 0.381 e. The van der Waals surface area contributed by atoms with E-state index >= 15 is 0 Å². The van der Waals surface area contributed by atoms with E-state index in [2.05, 4.69) is 11.4 Å². The first-order valence-electron chi connectivity index (χ1n) is 8.43. The van der Waals surface area contributed by atoms with E-state index in [0.717, 1.165) is 30.5 Å². The average Bonchev–Trinajstić information content (AvgIpc) is 2.67. The Bertz CT molecular complexity index is 864. The number of hydrogen-bond donors (Lipinski definition) is 1. The fraction of sp³-hybridized carbons (Fsp3) is 0.316. The lowest BCUT2D eigenvalue weighted by atomic mass is 10.1. The van der Waals surface area contributed by atoms with E-state index in [9.17, 15) is 8.42 Å². The predicted molar refractivity (Wildman–Crippen MR) is 97.5 cm³/mol. The van der Waals surface area contributed by atoms with Gasteiger partial charge in [-0.3, -0.25) is 0 Å². The summed E-state index contributed by atoms with van der Waals surface area (Å²) in [7, 11) is -3.42. The van der Waals surface area contributed by atoms with Crippen molar-refractivity contribution < 1.29 is 8.42 Å². The van der Waals surface area contributed by atoms with Gasteiger partial charge in [-0.2, -0.15) is 9.57 Å². The van der Waals surface area contributed by atoms with Crippen LogP contribution in [0.5, 0.6) is 0 Å². The number of rotatable bonds is 5. The first-order valence-corrected chi connectivity index (χ1v) is 9.87. The normalized spacial score (nSPS) is 15.5. The van der Waals surface area contributed by atoms with Crippen LogP contribution >= 0.6 is 0 Å². The molecule has 1 aliphatic heterocycles. The standard InChI is InChI=1S/C19H21N3O2S/c20-14-16-7-9-17(10-8-16)15-21-18-5-4-6-19(13-18)25(23,24)22-11-2-1-3-12-22/h4-10,13,21H,1-3,11-12,15H2. The Morgan fingerprint density at radius 3 is 2.44 bits per heavy atom.